The van der Waals surface area contributed by atoms with Gasteiger partial charge in [-0.25, -0.2) is 8.42 Å². The average Bonchev–Trinajstić information content (AvgIpc) is 3.39. The summed E-state index contributed by atoms with van der Waals surface area (Å²) < 4.78 is 27.7. The molecule has 1 amide bonds. The van der Waals surface area contributed by atoms with Gasteiger partial charge in [0.05, 0.1) is 9.90 Å². The number of nitrogens with zero attached hydrogens (tertiary/aromatic N) is 2. The molecule has 3 heterocycles. The zero-order chi connectivity index (χ0) is 19.9. The highest BCUT2D eigenvalue weighted by atomic mass is 35.5. The topological polar surface area (TPSA) is 90.3 Å². The number of fused-ring (bicyclic) bond motifs is 1. The summed E-state index contributed by atoms with van der Waals surface area (Å²) in [7, 11) is -3.78. The monoisotopic (exact) mass is 455 g/mol. The molecule has 28 heavy (non-hydrogen) atoms. The number of sulfonamides is 1. The number of nitrogens with one attached hydrogen (secondary N) is 1. The van der Waals surface area contributed by atoms with E-state index in [-0.39, 0.29) is 10.1 Å². The van der Waals surface area contributed by atoms with E-state index in [0.717, 1.165) is 47.5 Å². The number of carbonyl (C=O) groups excluding carboxylic acids is 1. The van der Waals surface area contributed by atoms with Crippen LogP contribution in [-0.2, 0) is 27.7 Å². The first kappa shape index (κ1) is 19.9. The summed E-state index contributed by atoms with van der Waals surface area (Å²) in [4.78, 5) is 14.1. The Bertz CT molecular complexity index is 1070. The van der Waals surface area contributed by atoms with Crippen LogP contribution in [-0.4, -0.2) is 31.2 Å². The summed E-state index contributed by atoms with van der Waals surface area (Å²) in [5, 5.41) is 13.0. The van der Waals surface area contributed by atoms with Crippen LogP contribution < -0.4 is 5.32 Å². The number of halogens is 1. The molecule has 6 nitrogen and oxygen atoms in total. The van der Waals surface area contributed by atoms with Crippen molar-refractivity contribution in [2.24, 2.45) is 0 Å². The molecule has 1 atom stereocenters. The molecule has 1 fully saturated rings. The molecule has 1 unspecified atom stereocenters. The molecule has 1 aliphatic carbocycles. The van der Waals surface area contributed by atoms with Gasteiger partial charge in [0.1, 0.15) is 21.3 Å². The average molecular weight is 456 g/mol. The van der Waals surface area contributed by atoms with Crippen LogP contribution in [0.25, 0.3) is 0 Å². The van der Waals surface area contributed by atoms with E-state index >= 15 is 0 Å². The summed E-state index contributed by atoms with van der Waals surface area (Å²) in [5.74, 6) is -0.376. The number of rotatable bonds is 4. The predicted molar refractivity (Wildman–Crippen MR) is 111 cm³/mol. The zero-order valence-electron chi connectivity index (χ0n) is 14.9. The minimum absolute atomic E-state index is 0.140. The minimum atomic E-state index is -3.78. The van der Waals surface area contributed by atoms with Crippen LogP contribution in [0.5, 0.6) is 0 Å². The molecule has 1 saturated heterocycles. The molecule has 2 aromatic heterocycles. The molecule has 10 heteroatoms. The molecule has 0 aromatic carbocycles. The lowest BCUT2D eigenvalue weighted by atomic mass is 9.96. The van der Waals surface area contributed by atoms with Crippen LogP contribution in [0.2, 0.25) is 4.34 Å². The van der Waals surface area contributed by atoms with Gasteiger partial charge < -0.3 is 5.32 Å². The van der Waals surface area contributed by atoms with Crippen molar-refractivity contribution in [2.45, 2.75) is 48.8 Å². The Labute approximate surface area is 176 Å². The van der Waals surface area contributed by atoms with E-state index in [2.05, 4.69) is 11.4 Å². The van der Waals surface area contributed by atoms with Crippen LogP contribution in [0.3, 0.4) is 0 Å². The summed E-state index contributed by atoms with van der Waals surface area (Å²) in [6.07, 6.45) is 4.98. The fourth-order valence-corrected chi connectivity index (χ4v) is 8.32. The zero-order valence-corrected chi connectivity index (χ0v) is 18.1. The predicted octanol–water partition coefficient (Wildman–Crippen LogP) is 4.01. The number of hydrogen-bond acceptors (Lipinski definition) is 6. The van der Waals surface area contributed by atoms with E-state index < -0.39 is 16.1 Å². The van der Waals surface area contributed by atoms with E-state index in [9.17, 15) is 18.5 Å². The fraction of sp³-hybridized carbons (Fsp3) is 0.444. The van der Waals surface area contributed by atoms with Gasteiger partial charge in [-0.3, -0.25) is 4.79 Å². The molecule has 0 saturated carbocycles. The largest absolute Gasteiger partial charge is 0.315 e. The van der Waals surface area contributed by atoms with Gasteiger partial charge in [0.15, 0.2) is 0 Å². The molecule has 4 rings (SSSR count). The summed E-state index contributed by atoms with van der Waals surface area (Å²) in [5.41, 5.74) is 1.57. The maximum absolute atomic E-state index is 12.9. The van der Waals surface area contributed by atoms with Gasteiger partial charge in [0.25, 0.3) is 10.0 Å². The maximum atomic E-state index is 12.9. The number of hydrogen-bond donors (Lipinski definition) is 1. The highest BCUT2D eigenvalue weighted by Gasteiger charge is 2.40. The Morgan fingerprint density at radius 2 is 2.04 bits per heavy atom. The second-order valence-electron chi connectivity index (χ2n) is 6.85. The van der Waals surface area contributed by atoms with Crippen molar-refractivity contribution < 1.29 is 13.2 Å². The van der Waals surface area contributed by atoms with Gasteiger partial charge >= 0.3 is 0 Å². The highest BCUT2D eigenvalue weighted by Crippen LogP contribution is 2.38. The molecule has 1 N–H and O–H groups in total. The molecular weight excluding hydrogens is 438 g/mol. The summed E-state index contributed by atoms with van der Waals surface area (Å²) in [6, 6.07) is 4.45. The highest BCUT2D eigenvalue weighted by molar-refractivity contribution is 7.91. The summed E-state index contributed by atoms with van der Waals surface area (Å²) >= 11 is 8.32. The van der Waals surface area contributed by atoms with Crippen molar-refractivity contribution in [1.29, 1.82) is 5.26 Å². The van der Waals surface area contributed by atoms with Crippen molar-refractivity contribution in [3.05, 3.63) is 32.5 Å². The molecule has 0 spiro atoms. The number of nitriles is 1. The number of aryl methyl sites for hydroxylation is 1. The minimum Gasteiger partial charge on any atom is -0.315 e. The molecule has 1 aliphatic heterocycles. The molecule has 2 aromatic rings. The van der Waals surface area contributed by atoms with Gasteiger partial charge in [-0.2, -0.15) is 9.57 Å². The van der Waals surface area contributed by atoms with Crippen LogP contribution in [0.4, 0.5) is 5.00 Å². The Hall–Kier alpha value is -1.44. The van der Waals surface area contributed by atoms with Crippen molar-refractivity contribution in [3.63, 3.8) is 0 Å². The fourth-order valence-electron chi connectivity index (χ4n) is 3.81. The number of carbonyl (C=O) groups is 1. The van der Waals surface area contributed by atoms with Gasteiger partial charge in [0, 0.05) is 11.4 Å². The Morgan fingerprint density at radius 3 is 2.75 bits per heavy atom. The van der Waals surface area contributed by atoms with Crippen molar-refractivity contribution in [1.82, 2.24) is 4.31 Å². The van der Waals surface area contributed by atoms with E-state index in [1.54, 1.807) is 6.07 Å². The molecule has 148 valence electrons. The lowest BCUT2D eigenvalue weighted by Gasteiger charge is -2.22. The normalized spacial score (nSPS) is 19.9. The van der Waals surface area contributed by atoms with Crippen LogP contribution in [0, 0.1) is 11.3 Å². The first-order valence-corrected chi connectivity index (χ1v) is 12.5. The first-order valence-electron chi connectivity index (χ1n) is 9.04. The number of anilines is 1. The lowest BCUT2D eigenvalue weighted by Crippen LogP contribution is -2.42. The molecular formula is C18H18ClN3O3S3. The lowest BCUT2D eigenvalue weighted by molar-refractivity contribution is -0.119. The van der Waals surface area contributed by atoms with Crippen molar-refractivity contribution in [3.8, 4) is 6.07 Å². The Balaban J connectivity index is 1.58. The second-order valence-corrected chi connectivity index (χ2v) is 11.8. The maximum Gasteiger partial charge on any atom is 0.253 e. The van der Waals surface area contributed by atoms with Gasteiger partial charge in [-0.05, 0) is 56.2 Å². The van der Waals surface area contributed by atoms with Crippen LogP contribution in [0.15, 0.2) is 16.3 Å². The molecule has 2 aliphatic rings. The Kier molecular flexibility index (Phi) is 5.51. The van der Waals surface area contributed by atoms with Crippen molar-refractivity contribution >= 4 is 55.2 Å². The van der Waals surface area contributed by atoms with Crippen molar-refractivity contribution in [2.75, 3.05) is 11.9 Å². The smallest absolute Gasteiger partial charge is 0.253 e. The van der Waals surface area contributed by atoms with E-state index in [0.29, 0.717) is 34.3 Å². The quantitative estimate of drug-likeness (QED) is 0.754. The van der Waals surface area contributed by atoms with Crippen LogP contribution >= 0.6 is 34.3 Å². The third kappa shape index (κ3) is 3.48. The third-order valence-corrected chi connectivity index (χ3v) is 9.95. The third-order valence-electron chi connectivity index (χ3n) is 5.14. The number of thiophene rings is 2. The SMILES string of the molecule is N#Cc1c(NC(=O)C2CCCN2S(=O)(=O)c2ccc(Cl)s2)sc2c1CCCC2. The van der Waals surface area contributed by atoms with E-state index in [1.807, 2.05) is 0 Å². The van der Waals surface area contributed by atoms with Gasteiger partial charge in [-0.15, -0.1) is 22.7 Å². The van der Waals surface area contributed by atoms with E-state index in [4.69, 9.17) is 11.6 Å². The number of amides is 1. The van der Waals surface area contributed by atoms with Gasteiger partial charge in [-0.1, -0.05) is 11.6 Å². The molecule has 0 radical (unpaired) electrons. The second kappa shape index (κ2) is 7.76. The van der Waals surface area contributed by atoms with Gasteiger partial charge in [0.2, 0.25) is 5.91 Å². The van der Waals surface area contributed by atoms with Crippen LogP contribution in [0.1, 0.15) is 41.7 Å². The summed E-state index contributed by atoms with van der Waals surface area (Å²) in [6.45, 7) is 0.294. The first-order chi connectivity index (χ1) is 13.4. The molecule has 0 bridgehead atoms. The Morgan fingerprint density at radius 1 is 1.25 bits per heavy atom. The van der Waals surface area contributed by atoms with E-state index in [1.165, 1.54) is 21.7 Å². The standard InChI is InChI=1S/C18H18ClN3O3S3/c19-15-7-8-16(27-15)28(24,25)22-9-3-5-13(22)17(23)21-18-12(10-20)11-4-1-2-6-14(11)26-18/h7-8,13H,1-6,9H2,(H,21,23).